The maximum atomic E-state index is 12.6. The number of allylic oxidation sites excluding steroid dienone is 2. The number of ketones is 1. The van der Waals surface area contributed by atoms with E-state index >= 15 is 0 Å². The summed E-state index contributed by atoms with van der Waals surface area (Å²) in [6.07, 6.45) is 4.93. The summed E-state index contributed by atoms with van der Waals surface area (Å²) in [6, 6.07) is 9.27. The van der Waals surface area contributed by atoms with Gasteiger partial charge in [0.1, 0.15) is 5.82 Å². The summed E-state index contributed by atoms with van der Waals surface area (Å²) in [6.45, 7) is 0.0158. The smallest absolute Gasteiger partial charge is 0.233 e. The van der Waals surface area contributed by atoms with E-state index in [0.717, 1.165) is 5.52 Å². The molecule has 0 spiro atoms. The van der Waals surface area contributed by atoms with Crippen LogP contribution in [-0.4, -0.2) is 39.0 Å². The number of nitrogens with one attached hydrogen (secondary N) is 1. The molecule has 2 heterocycles. The SMILES string of the molecule is N#C[C@@H](C(=O)CCN1C(=O)[C@H]2CC=CC[C@H]2C1=O)c1nc2ccccc2[nH]1. The van der Waals surface area contributed by atoms with Crippen molar-refractivity contribution in [2.75, 3.05) is 6.54 Å². The number of fused-ring (bicyclic) bond motifs is 2. The Balaban J connectivity index is 1.46. The molecule has 1 aromatic carbocycles. The van der Waals surface area contributed by atoms with Crippen LogP contribution in [0.1, 0.15) is 31.0 Å². The number of rotatable bonds is 5. The van der Waals surface area contributed by atoms with Crippen molar-refractivity contribution >= 4 is 28.6 Å². The highest BCUT2D eigenvalue weighted by Crippen LogP contribution is 2.35. The average molecular weight is 362 g/mol. The average Bonchev–Trinajstić information content (AvgIpc) is 3.21. The van der Waals surface area contributed by atoms with E-state index in [-0.39, 0.29) is 42.4 Å². The van der Waals surface area contributed by atoms with Crippen molar-refractivity contribution in [2.24, 2.45) is 11.8 Å². The predicted octanol–water partition coefficient (Wildman–Crippen LogP) is 2.08. The van der Waals surface area contributed by atoms with E-state index in [1.54, 1.807) is 6.07 Å². The molecule has 2 amide bonds. The van der Waals surface area contributed by atoms with Crippen molar-refractivity contribution in [3.05, 3.63) is 42.2 Å². The first kappa shape index (κ1) is 17.2. The Hall–Kier alpha value is -3.27. The molecule has 4 rings (SSSR count). The fourth-order valence-corrected chi connectivity index (χ4v) is 3.85. The molecule has 7 nitrogen and oxygen atoms in total. The largest absolute Gasteiger partial charge is 0.340 e. The van der Waals surface area contributed by atoms with Gasteiger partial charge in [-0.15, -0.1) is 0 Å². The molecule has 3 atom stereocenters. The van der Waals surface area contributed by atoms with E-state index in [1.165, 1.54) is 4.90 Å². The number of para-hydroxylation sites is 2. The number of hydrogen-bond donors (Lipinski definition) is 1. The second-order valence-corrected chi connectivity index (χ2v) is 6.90. The van der Waals surface area contributed by atoms with Gasteiger partial charge in [0.2, 0.25) is 11.8 Å². The van der Waals surface area contributed by atoms with Crippen molar-refractivity contribution in [1.29, 1.82) is 5.26 Å². The third-order valence-electron chi connectivity index (χ3n) is 5.31. The van der Waals surface area contributed by atoms with Gasteiger partial charge in [-0.1, -0.05) is 24.3 Å². The highest BCUT2D eigenvalue weighted by molar-refractivity contribution is 6.05. The number of likely N-dealkylation sites (tertiary alicyclic amines) is 1. The number of benzene rings is 1. The number of nitriles is 1. The molecule has 1 aromatic heterocycles. The molecule has 7 heteroatoms. The normalized spacial score (nSPS) is 22.7. The van der Waals surface area contributed by atoms with Gasteiger partial charge < -0.3 is 4.98 Å². The second-order valence-electron chi connectivity index (χ2n) is 6.90. The summed E-state index contributed by atoms with van der Waals surface area (Å²) in [5.41, 5.74) is 1.43. The molecule has 2 aromatic rings. The van der Waals surface area contributed by atoms with Crippen LogP contribution in [0.25, 0.3) is 11.0 Å². The van der Waals surface area contributed by atoms with Gasteiger partial charge >= 0.3 is 0 Å². The minimum Gasteiger partial charge on any atom is -0.340 e. The van der Waals surface area contributed by atoms with Crippen molar-refractivity contribution in [1.82, 2.24) is 14.9 Å². The van der Waals surface area contributed by atoms with Crippen molar-refractivity contribution in [3.8, 4) is 6.07 Å². The van der Waals surface area contributed by atoms with E-state index < -0.39 is 5.92 Å². The molecule has 0 bridgehead atoms. The van der Waals surface area contributed by atoms with Crippen LogP contribution < -0.4 is 0 Å². The lowest BCUT2D eigenvalue weighted by Gasteiger charge is -2.14. The maximum Gasteiger partial charge on any atom is 0.233 e. The molecule has 1 aliphatic heterocycles. The Kier molecular flexibility index (Phi) is 4.32. The fraction of sp³-hybridized carbons (Fsp3) is 0.350. The maximum absolute atomic E-state index is 12.6. The summed E-state index contributed by atoms with van der Waals surface area (Å²) in [4.78, 5) is 46.0. The number of amides is 2. The van der Waals surface area contributed by atoms with Crippen LogP contribution in [0.15, 0.2) is 36.4 Å². The lowest BCUT2D eigenvalue weighted by atomic mass is 9.85. The third kappa shape index (κ3) is 2.93. The Morgan fingerprint density at radius 3 is 2.52 bits per heavy atom. The Labute approximate surface area is 155 Å². The fourth-order valence-electron chi connectivity index (χ4n) is 3.85. The molecule has 27 heavy (non-hydrogen) atoms. The van der Waals surface area contributed by atoms with Gasteiger partial charge in [0.25, 0.3) is 0 Å². The van der Waals surface area contributed by atoms with Crippen LogP contribution in [0.5, 0.6) is 0 Å². The Morgan fingerprint density at radius 2 is 1.89 bits per heavy atom. The van der Waals surface area contributed by atoms with E-state index in [9.17, 15) is 19.6 Å². The summed E-state index contributed by atoms with van der Waals surface area (Å²) >= 11 is 0. The topological polar surface area (TPSA) is 107 Å². The minimum absolute atomic E-state index is 0.0158. The van der Waals surface area contributed by atoms with Crippen molar-refractivity contribution in [3.63, 3.8) is 0 Å². The number of nitrogens with zero attached hydrogens (tertiary/aromatic N) is 3. The standard InChI is InChI=1S/C20H18N4O3/c21-11-14(18-22-15-7-3-4-8-16(15)23-18)17(25)9-10-24-19(26)12-5-1-2-6-13(12)20(24)27/h1-4,7-8,12-14H,5-6,9-10H2,(H,22,23)/t12-,13+,14-/m0/s1. The number of imide groups is 1. The Bertz CT molecular complexity index is 941. The molecule has 0 unspecified atom stereocenters. The Morgan fingerprint density at radius 1 is 1.22 bits per heavy atom. The van der Waals surface area contributed by atoms with E-state index in [4.69, 9.17) is 0 Å². The van der Waals surface area contributed by atoms with Crippen LogP contribution in [0.2, 0.25) is 0 Å². The number of Topliss-reactive ketones (excluding diaryl/α,β-unsaturated/α-hetero) is 1. The van der Waals surface area contributed by atoms with Gasteiger partial charge in [0.15, 0.2) is 11.7 Å². The first-order chi connectivity index (χ1) is 13.1. The zero-order valence-corrected chi connectivity index (χ0v) is 14.6. The lowest BCUT2D eigenvalue weighted by molar-refractivity contribution is -0.140. The molecule has 1 fully saturated rings. The number of hydrogen-bond acceptors (Lipinski definition) is 5. The predicted molar refractivity (Wildman–Crippen MR) is 96.1 cm³/mol. The first-order valence-electron chi connectivity index (χ1n) is 8.97. The molecule has 1 aliphatic carbocycles. The molecule has 0 saturated carbocycles. The number of aromatic amines is 1. The third-order valence-corrected chi connectivity index (χ3v) is 5.31. The van der Waals surface area contributed by atoms with Crippen LogP contribution in [0.4, 0.5) is 0 Å². The van der Waals surface area contributed by atoms with Gasteiger partial charge in [-0.05, 0) is 25.0 Å². The van der Waals surface area contributed by atoms with Crippen LogP contribution in [-0.2, 0) is 14.4 Å². The minimum atomic E-state index is -1.05. The van der Waals surface area contributed by atoms with Gasteiger partial charge in [0.05, 0.1) is 28.9 Å². The molecule has 2 aliphatic rings. The van der Waals surface area contributed by atoms with Crippen molar-refractivity contribution in [2.45, 2.75) is 25.2 Å². The lowest BCUT2D eigenvalue weighted by Crippen LogP contribution is -2.33. The van der Waals surface area contributed by atoms with Crippen LogP contribution in [0, 0.1) is 23.2 Å². The molecular formula is C20H18N4O3. The molecule has 136 valence electrons. The number of H-pyrrole nitrogens is 1. The summed E-state index contributed by atoms with van der Waals surface area (Å²) in [5.74, 6) is -2.14. The molecular weight excluding hydrogens is 344 g/mol. The zero-order valence-electron chi connectivity index (χ0n) is 14.6. The summed E-state index contributed by atoms with van der Waals surface area (Å²) in [7, 11) is 0. The van der Waals surface area contributed by atoms with Gasteiger partial charge in [-0.3, -0.25) is 19.3 Å². The van der Waals surface area contributed by atoms with E-state index in [1.807, 2.05) is 36.4 Å². The van der Waals surface area contributed by atoms with E-state index in [0.29, 0.717) is 24.2 Å². The number of imidazole rings is 1. The summed E-state index contributed by atoms with van der Waals surface area (Å²) in [5, 5.41) is 9.45. The van der Waals surface area contributed by atoms with Gasteiger partial charge in [-0.2, -0.15) is 5.26 Å². The van der Waals surface area contributed by atoms with Crippen LogP contribution in [0.3, 0.4) is 0 Å². The molecule has 1 N–H and O–H groups in total. The van der Waals surface area contributed by atoms with Gasteiger partial charge in [-0.25, -0.2) is 4.98 Å². The number of aromatic nitrogens is 2. The second kappa shape index (κ2) is 6.80. The monoisotopic (exact) mass is 362 g/mol. The molecule has 1 saturated heterocycles. The highest BCUT2D eigenvalue weighted by atomic mass is 16.2. The number of carbonyl (C=O) groups excluding carboxylic acids is 3. The van der Waals surface area contributed by atoms with Gasteiger partial charge in [0, 0.05) is 13.0 Å². The first-order valence-corrected chi connectivity index (χ1v) is 8.97. The zero-order chi connectivity index (χ0) is 19.0. The van der Waals surface area contributed by atoms with E-state index in [2.05, 4.69) is 9.97 Å². The summed E-state index contributed by atoms with van der Waals surface area (Å²) < 4.78 is 0. The highest BCUT2D eigenvalue weighted by Gasteiger charge is 2.47. The number of carbonyl (C=O) groups is 3. The van der Waals surface area contributed by atoms with Crippen molar-refractivity contribution < 1.29 is 14.4 Å². The van der Waals surface area contributed by atoms with Crippen LogP contribution >= 0.6 is 0 Å². The quantitative estimate of drug-likeness (QED) is 0.647. The molecule has 0 radical (unpaired) electrons.